The molecular weight excluding hydrogens is 190 g/mol. The van der Waals surface area contributed by atoms with E-state index >= 15 is 0 Å². The summed E-state index contributed by atoms with van der Waals surface area (Å²) in [4.78, 5) is 23.8. The first kappa shape index (κ1) is 15.2. The third kappa shape index (κ3) is 13.3. The van der Waals surface area contributed by atoms with Gasteiger partial charge in [0.15, 0.2) is 0 Å². The zero-order chi connectivity index (χ0) is 10.1. The standard InChI is InChI=1S/C7H13NO5.CH4/c9-7(10)5-3-1-2-4-6-13-8(11)12;/h1-6H2,(H,9,10);1H4. The summed E-state index contributed by atoms with van der Waals surface area (Å²) >= 11 is 0. The molecule has 0 atom stereocenters. The Kier molecular flexibility index (Phi) is 10.6. The molecule has 0 aromatic carbocycles. The Bertz CT molecular complexity index is 153. The van der Waals surface area contributed by atoms with Crippen molar-refractivity contribution >= 4 is 5.97 Å². The number of aliphatic carboxylic acids is 1. The molecule has 0 bridgehead atoms. The van der Waals surface area contributed by atoms with Gasteiger partial charge in [0.25, 0.3) is 5.09 Å². The van der Waals surface area contributed by atoms with Gasteiger partial charge in [-0.05, 0) is 12.8 Å². The maximum atomic E-state index is 10.1. The summed E-state index contributed by atoms with van der Waals surface area (Å²) in [5.74, 6) is -0.804. The molecule has 0 aliphatic rings. The van der Waals surface area contributed by atoms with E-state index in [-0.39, 0.29) is 20.5 Å². The molecule has 0 unspecified atom stereocenters. The number of nitrogens with zero attached hydrogens (tertiary/aromatic N) is 1. The van der Waals surface area contributed by atoms with Crippen molar-refractivity contribution in [3.05, 3.63) is 10.1 Å². The lowest BCUT2D eigenvalue weighted by atomic mass is 10.1. The zero-order valence-corrected chi connectivity index (χ0v) is 7.27. The molecule has 0 aliphatic carbocycles. The second-order valence-corrected chi connectivity index (χ2v) is 2.61. The van der Waals surface area contributed by atoms with Gasteiger partial charge in [-0.1, -0.05) is 20.3 Å². The van der Waals surface area contributed by atoms with Crippen LogP contribution in [0.25, 0.3) is 0 Å². The highest BCUT2D eigenvalue weighted by Crippen LogP contribution is 2.02. The summed E-state index contributed by atoms with van der Waals surface area (Å²) in [6, 6.07) is 0. The van der Waals surface area contributed by atoms with E-state index in [0.29, 0.717) is 12.8 Å². The van der Waals surface area contributed by atoms with Crippen molar-refractivity contribution in [2.24, 2.45) is 0 Å². The van der Waals surface area contributed by atoms with Crippen LogP contribution in [0.4, 0.5) is 0 Å². The molecule has 0 fully saturated rings. The molecule has 0 aliphatic heterocycles. The van der Waals surface area contributed by atoms with Gasteiger partial charge in [-0.3, -0.25) is 4.79 Å². The minimum absolute atomic E-state index is 0. The fourth-order valence-corrected chi connectivity index (χ4v) is 0.871. The quantitative estimate of drug-likeness (QED) is 0.372. The van der Waals surface area contributed by atoms with Crippen LogP contribution in [0, 0.1) is 10.1 Å². The normalized spacial score (nSPS) is 8.86. The van der Waals surface area contributed by atoms with Crippen LogP contribution in [0.5, 0.6) is 0 Å². The van der Waals surface area contributed by atoms with Crippen molar-refractivity contribution in [3.63, 3.8) is 0 Å². The van der Waals surface area contributed by atoms with Crippen LogP contribution in [-0.2, 0) is 9.63 Å². The first-order chi connectivity index (χ1) is 6.13. The lowest BCUT2D eigenvalue weighted by molar-refractivity contribution is -0.757. The summed E-state index contributed by atoms with van der Waals surface area (Å²) < 4.78 is 0. The van der Waals surface area contributed by atoms with Crippen molar-refractivity contribution in [3.8, 4) is 0 Å². The van der Waals surface area contributed by atoms with Crippen molar-refractivity contribution in [2.45, 2.75) is 39.5 Å². The lowest BCUT2D eigenvalue weighted by Gasteiger charge is -1.98. The molecule has 14 heavy (non-hydrogen) atoms. The van der Waals surface area contributed by atoms with Crippen molar-refractivity contribution in [1.82, 2.24) is 0 Å². The number of hydrogen-bond acceptors (Lipinski definition) is 4. The molecule has 1 N–H and O–H groups in total. The van der Waals surface area contributed by atoms with Crippen molar-refractivity contribution < 1.29 is 19.8 Å². The maximum Gasteiger partial charge on any atom is 0.303 e. The Morgan fingerprint density at radius 2 is 1.86 bits per heavy atom. The predicted octanol–water partition coefficient (Wildman–Crippen LogP) is 1.87. The van der Waals surface area contributed by atoms with Gasteiger partial charge in [-0.25, -0.2) is 0 Å². The van der Waals surface area contributed by atoms with Gasteiger partial charge in [0.1, 0.15) is 0 Å². The van der Waals surface area contributed by atoms with Crippen molar-refractivity contribution in [2.75, 3.05) is 6.61 Å². The largest absolute Gasteiger partial charge is 0.481 e. The monoisotopic (exact) mass is 207 g/mol. The molecule has 0 spiro atoms. The molecule has 6 nitrogen and oxygen atoms in total. The number of carboxylic acid groups (broad SMARTS) is 1. The van der Waals surface area contributed by atoms with Gasteiger partial charge in [0, 0.05) is 6.42 Å². The van der Waals surface area contributed by atoms with Gasteiger partial charge in [0.05, 0.1) is 6.61 Å². The SMILES string of the molecule is C.O=C(O)CCCCCCO[N+](=O)[O-]. The Labute approximate surface area is 83.0 Å². The van der Waals surface area contributed by atoms with E-state index in [1.165, 1.54) is 0 Å². The van der Waals surface area contributed by atoms with Crippen LogP contribution in [0.1, 0.15) is 39.5 Å². The summed E-state index contributed by atoms with van der Waals surface area (Å²) in [5.41, 5.74) is 0. The number of carbonyl (C=O) groups is 1. The number of hydrogen-bond donors (Lipinski definition) is 1. The van der Waals surface area contributed by atoms with E-state index in [4.69, 9.17) is 5.11 Å². The Hall–Kier alpha value is -1.33. The molecule has 0 aromatic heterocycles. The van der Waals surface area contributed by atoms with Crippen LogP contribution < -0.4 is 0 Å². The zero-order valence-electron chi connectivity index (χ0n) is 7.27. The fourth-order valence-electron chi connectivity index (χ4n) is 0.871. The summed E-state index contributed by atoms with van der Waals surface area (Å²) in [6.07, 6.45) is 2.92. The third-order valence-corrected chi connectivity index (χ3v) is 1.48. The average Bonchev–Trinajstić information content (AvgIpc) is 2.01. The maximum absolute atomic E-state index is 10.1. The molecule has 0 saturated carbocycles. The van der Waals surface area contributed by atoms with Gasteiger partial charge in [-0.15, -0.1) is 10.1 Å². The first-order valence-corrected chi connectivity index (χ1v) is 4.12. The molecular formula is C8H17NO5. The van der Waals surface area contributed by atoms with Gasteiger partial charge < -0.3 is 9.94 Å². The van der Waals surface area contributed by atoms with Gasteiger partial charge in [-0.2, -0.15) is 0 Å². The van der Waals surface area contributed by atoms with Gasteiger partial charge >= 0.3 is 5.97 Å². The van der Waals surface area contributed by atoms with Crippen LogP contribution >= 0.6 is 0 Å². The number of rotatable bonds is 8. The van der Waals surface area contributed by atoms with Crippen LogP contribution in [0.15, 0.2) is 0 Å². The molecule has 0 rings (SSSR count). The Morgan fingerprint density at radius 3 is 2.36 bits per heavy atom. The second-order valence-electron chi connectivity index (χ2n) is 2.61. The lowest BCUT2D eigenvalue weighted by Crippen LogP contribution is -2.02. The summed E-state index contributed by atoms with van der Waals surface area (Å²) in [6.45, 7) is 0.0973. The molecule has 0 heterocycles. The topological polar surface area (TPSA) is 89.7 Å². The summed E-state index contributed by atoms with van der Waals surface area (Å²) in [7, 11) is 0. The van der Waals surface area contributed by atoms with Crippen LogP contribution in [-0.4, -0.2) is 22.8 Å². The predicted molar refractivity (Wildman–Crippen MR) is 50.4 cm³/mol. The van der Waals surface area contributed by atoms with Crippen molar-refractivity contribution in [1.29, 1.82) is 0 Å². The molecule has 0 amide bonds. The molecule has 84 valence electrons. The van der Waals surface area contributed by atoms with E-state index in [1.54, 1.807) is 0 Å². The average molecular weight is 207 g/mol. The van der Waals surface area contributed by atoms with E-state index in [2.05, 4.69) is 4.84 Å². The Balaban J connectivity index is 0. The minimum Gasteiger partial charge on any atom is -0.481 e. The Morgan fingerprint density at radius 1 is 1.29 bits per heavy atom. The number of carboxylic acids is 1. The van der Waals surface area contributed by atoms with Gasteiger partial charge in [0.2, 0.25) is 0 Å². The van der Waals surface area contributed by atoms with E-state index < -0.39 is 11.1 Å². The number of unbranched alkanes of at least 4 members (excludes halogenated alkanes) is 3. The fraction of sp³-hybridized carbons (Fsp3) is 0.875. The van der Waals surface area contributed by atoms with E-state index in [9.17, 15) is 14.9 Å². The summed E-state index contributed by atoms with van der Waals surface area (Å²) in [5, 5.41) is 17.1. The molecule has 6 heteroatoms. The molecule has 0 radical (unpaired) electrons. The molecule has 0 aromatic rings. The highest BCUT2D eigenvalue weighted by Gasteiger charge is 1.97. The highest BCUT2D eigenvalue weighted by atomic mass is 16.9. The highest BCUT2D eigenvalue weighted by molar-refractivity contribution is 5.66. The smallest absolute Gasteiger partial charge is 0.303 e. The molecule has 0 saturated heterocycles. The van der Waals surface area contributed by atoms with E-state index in [0.717, 1.165) is 12.8 Å². The van der Waals surface area contributed by atoms with E-state index in [1.807, 2.05) is 0 Å². The third-order valence-electron chi connectivity index (χ3n) is 1.48. The van der Waals surface area contributed by atoms with Crippen LogP contribution in [0.3, 0.4) is 0 Å². The van der Waals surface area contributed by atoms with Crippen LogP contribution in [0.2, 0.25) is 0 Å². The minimum atomic E-state index is -0.822. The first-order valence-electron chi connectivity index (χ1n) is 4.12. The second kappa shape index (κ2) is 9.76.